The van der Waals surface area contributed by atoms with Gasteiger partial charge in [0, 0.05) is 26.7 Å². The molecule has 0 bridgehead atoms. The van der Waals surface area contributed by atoms with Crippen molar-refractivity contribution in [2.45, 2.75) is 25.3 Å². The maximum atomic E-state index is 12.7. The second-order valence-corrected chi connectivity index (χ2v) is 8.66. The molecule has 0 atom stereocenters. The van der Waals surface area contributed by atoms with Crippen molar-refractivity contribution in [3.8, 4) is 0 Å². The molecule has 0 radical (unpaired) electrons. The lowest BCUT2D eigenvalue weighted by atomic mass is 10.3. The number of hydrogen-bond donors (Lipinski definition) is 1. The number of thiazole rings is 1. The van der Waals surface area contributed by atoms with Gasteiger partial charge in [0.25, 0.3) is 15.9 Å². The van der Waals surface area contributed by atoms with Gasteiger partial charge in [-0.05, 0) is 26.0 Å². The zero-order valence-corrected chi connectivity index (χ0v) is 16.8. The predicted octanol–water partition coefficient (Wildman–Crippen LogP) is 1.88. The van der Waals surface area contributed by atoms with Crippen LogP contribution in [0, 0.1) is 6.92 Å². The highest BCUT2D eigenvalue weighted by Gasteiger charge is 2.22. The van der Waals surface area contributed by atoms with E-state index in [1.54, 1.807) is 27.9 Å². The Morgan fingerprint density at radius 2 is 2.07 bits per heavy atom. The van der Waals surface area contributed by atoms with Crippen LogP contribution in [0.5, 0.6) is 0 Å². The molecule has 0 aliphatic carbocycles. The molecule has 0 unspecified atom stereocenters. The zero-order valence-electron chi connectivity index (χ0n) is 15.1. The molecule has 0 saturated heterocycles. The molecule has 1 aromatic carbocycles. The smallest absolute Gasteiger partial charge is 0.408 e. The molecule has 1 N–H and O–H groups in total. The number of carbonyl (C=O) groups excluding carboxylic acids is 1. The largest absolute Gasteiger partial charge is 0.419 e. The summed E-state index contributed by atoms with van der Waals surface area (Å²) in [4.78, 5) is 29.7. The van der Waals surface area contributed by atoms with Crippen molar-refractivity contribution in [1.29, 1.82) is 0 Å². The Bertz CT molecular complexity index is 1190. The average molecular weight is 410 g/mol. The third kappa shape index (κ3) is 3.47. The van der Waals surface area contributed by atoms with Crippen LogP contribution in [0.15, 0.2) is 32.3 Å². The van der Waals surface area contributed by atoms with E-state index in [9.17, 15) is 18.0 Å². The number of benzene rings is 1. The van der Waals surface area contributed by atoms with Gasteiger partial charge in [-0.2, -0.15) is 0 Å². The van der Waals surface area contributed by atoms with Crippen LogP contribution in [0.1, 0.15) is 22.3 Å². The number of carbonyl (C=O) groups is 1. The molecular weight excluding hydrogens is 392 g/mol. The van der Waals surface area contributed by atoms with Gasteiger partial charge in [-0.3, -0.25) is 14.1 Å². The lowest BCUT2D eigenvalue weighted by molar-refractivity contribution is 0.0831. The second kappa shape index (κ2) is 6.82. The van der Waals surface area contributed by atoms with E-state index < -0.39 is 15.8 Å². The Labute approximate surface area is 159 Å². The van der Waals surface area contributed by atoms with Crippen LogP contribution in [0.25, 0.3) is 11.1 Å². The molecule has 1 amide bonds. The quantitative estimate of drug-likeness (QED) is 0.687. The van der Waals surface area contributed by atoms with Gasteiger partial charge in [-0.15, -0.1) is 0 Å². The molecule has 0 saturated carbocycles. The minimum atomic E-state index is -3.96. The van der Waals surface area contributed by atoms with Crippen molar-refractivity contribution in [3.05, 3.63) is 39.3 Å². The number of nitrogens with one attached hydrogen (secondary N) is 1. The van der Waals surface area contributed by atoms with Gasteiger partial charge < -0.3 is 9.32 Å². The molecule has 27 heavy (non-hydrogen) atoms. The van der Waals surface area contributed by atoms with E-state index in [-0.39, 0.29) is 21.5 Å². The Morgan fingerprint density at radius 3 is 2.70 bits per heavy atom. The SMILES string of the molecule is CCn1c(=O)oc2cc(S(=O)(=O)Nc3nc(C)c(C(=O)N(C)C)s3)ccc21. The number of hydrogen-bond acceptors (Lipinski definition) is 7. The van der Waals surface area contributed by atoms with Gasteiger partial charge in [0.2, 0.25) is 0 Å². The third-order valence-electron chi connectivity index (χ3n) is 3.88. The topological polar surface area (TPSA) is 115 Å². The standard InChI is InChI=1S/C16H18N4O5S2/c1-5-20-11-7-6-10(8-12(11)25-16(20)22)27(23,24)18-15-17-9(2)13(26-15)14(21)19(3)4/h6-8H,5H2,1-4H3,(H,17,18). The molecule has 3 aromatic rings. The van der Waals surface area contributed by atoms with Gasteiger partial charge in [0.1, 0.15) is 4.88 Å². The van der Waals surface area contributed by atoms with Crippen molar-refractivity contribution in [3.63, 3.8) is 0 Å². The summed E-state index contributed by atoms with van der Waals surface area (Å²) in [6.07, 6.45) is 0. The van der Waals surface area contributed by atoms with E-state index in [1.165, 1.54) is 27.7 Å². The van der Waals surface area contributed by atoms with Crippen LogP contribution in [-0.4, -0.2) is 42.9 Å². The summed E-state index contributed by atoms with van der Waals surface area (Å²) in [5.41, 5.74) is 1.15. The fraction of sp³-hybridized carbons (Fsp3) is 0.312. The van der Waals surface area contributed by atoms with E-state index in [4.69, 9.17) is 4.42 Å². The van der Waals surface area contributed by atoms with Crippen LogP contribution >= 0.6 is 11.3 Å². The fourth-order valence-electron chi connectivity index (χ4n) is 2.53. The van der Waals surface area contributed by atoms with E-state index in [1.807, 2.05) is 0 Å². The van der Waals surface area contributed by atoms with Gasteiger partial charge in [0.05, 0.1) is 16.1 Å². The van der Waals surface area contributed by atoms with Crippen LogP contribution < -0.4 is 10.5 Å². The Hall–Kier alpha value is -2.66. The number of rotatable bonds is 5. The highest BCUT2D eigenvalue weighted by molar-refractivity contribution is 7.93. The van der Waals surface area contributed by atoms with Crippen molar-refractivity contribution < 1.29 is 17.6 Å². The normalized spacial score (nSPS) is 11.7. The minimum absolute atomic E-state index is 0.0691. The molecule has 0 fully saturated rings. The Kier molecular flexibility index (Phi) is 4.82. The number of aromatic nitrogens is 2. The van der Waals surface area contributed by atoms with Crippen LogP contribution in [-0.2, 0) is 16.6 Å². The Balaban J connectivity index is 1.96. The molecule has 11 heteroatoms. The molecule has 0 spiro atoms. The predicted molar refractivity (Wildman–Crippen MR) is 102 cm³/mol. The zero-order chi connectivity index (χ0) is 19.9. The van der Waals surface area contributed by atoms with Crippen molar-refractivity contribution in [2.75, 3.05) is 18.8 Å². The number of aryl methyl sites for hydroxylation is 2. The van der Waals surface area contributed by atoms with Crippen molar-refractivity contribution >= 4 is 43.5 Å². The van der Waals surface area contributed by atoms with E-state index in [0.717, 1.165) is 11.3 Å². The number of fused-ring (bicyclic) bond motifs is 1. The highest BCUT2D eigenvalue weighted by atomic mass is 32.2. The summed E-state index contributed by atoms with van der Waals surface area (Å²) >= 11 is 0.961. The average Bonchev–Trinajstić information content (AvgIpc) is 3.11. The molecule has 0 aliphatic heterocycles. The molecule has 9 nitrogen and oxygen atoms in total. The molecule has 0 aliphatic rings. The fourth-order valence-corrected chi connectivity index (χ4v) is 4.77. The second-order valence-electron chi connectivity index (χ2n) is 5.98. The van der Waals surface area contributed by atoms with Crippen LogP contribution in [0.3, 0.4) is 0 Å². The van der Waals surface area contributed by atoms with Crippen LogP contribution in [0.4, 0.5) is 5.13 Å². The maximum Gasteiger partial charge on any atom is 0.419 e. The van der Waals surface area contributed by atoms with Gasteiger partial charge >= 0.3 is 5.76 Å². The van der Waals surface area contributed by atoms with E-state index >= 15 is 0 Å². The van der Waals surface area contributed by atoms with Crippen molar-refractivity contribution in [2.24, 2.45) is 0 Å². The first-order valence-electron chi connectivity index (χ1n) is 7.99. The molecule has 144 valence electrons. The van der Waals surface area contributed by atoms with Gasteiger partial charge in [0.15, 0.2) is 10.7 Å². The summed E-state index contributed by atoms with van der Waals surface area (Å²) in [5.74, 6) is -0.794. The lowest BCUT2D eigenvalue weighted by Gasteiger charge is -2.07. The number of oxazole rings is 1. The lowest BCUT2D eigenvalue weighted by Crippen LogP contribution is -2.21. The summed E-state index contributed by atoms with van der Waals surface area (Å²) < 4.78 is 34.2. The number of nitrogens with zero attached hydrogens (tertiary/aromatic N) is 3. The highest BCUT2D eigenvalue weighted by Crippen LogP contribution is 2.27. The van der Waals surface area contributed by atoms with Crippen LogP contribution in [0.2, 0.25) is 0 Å². The summed E-state index contributed by atoms with van der Waals surface area (Å²) in [7, 11) is -0.747. The molecular formula is C16H18N4O5S2. The summed E-state index contributed by atoms with van der Waals surface area (Å²) in [5, 5.41) is 0.0883. The number of sulfonamides is 1. The Morgan fingerprint density at radius 1 is 1.37 bits per heavy atom. The van der Waals surface area contributed by atoms with E-state index in [2.05, 4.69) is 9.71 Å². The third-order valence-corrected chi connectivity index (χ3v) is 6.41. The minimum Gasteiger partial charge on any atom is -0.408 e. The van der Waals surface area contributed by atoms with Crippen molar-refractivity contribution in [1.82, 2.24) is 14.5 Å². The first-order valence-corrected chi connectivity index (χ1v) is 10.3. The first kappa shape index (κ1) is 19.1. The first-order chi connectivity index (χ1) is 12.6. The van der Waals surface area contributed by atoms with Gasteiger partial charge in [-0.1, -0.05) is 11.3 Å². The maximum absolute atomic E-state index is 12.7. The van der Waals surface area contributed by atoms with Gasteiger partial charge in [-0.25, -0.2) is 18.2 Å². The summed E-state index contributed by atoms with van der Waals surface area (Å²) in [6, 6.07) is 4.20. The molecule has 2 heterocycles. The molecule has 2 aromatic heterocycles. The summed E-state index contributed by atoms with van der Waals surface area (Å²) in [6.45, 7) is 3.84. The molecule has 3 rings (SSSR count). The van der Waals surface area contributed by atoms with E-state index in [0.29, 0.717) is 22.6 Å². The number of amides is 1. The number of anilines is 1. The monoisotopic (exact) mass is 410 g/mol.